The minimum Gasteiger partial charge on any atom is -0.756 e. The van der Waals surface area contributed by atoms with Crippen LogP contribution in [0.2, 0.25) is 0 Å². The Labute approximate surface area is 423 Å². The van der Waals surface area contributed by atoms with Crippen LogP contribution in [-0.4, -0.2) is 79.8 Å². The largest absolute Gasteiger partial charge is 0.756 e. The van der Waals surface area contributed by atoms with E-state index in [4.69, 9.17) is 9.05 Å². The van der Waals surface area contributed by atoms with E-state index in [0.717, 1.165) is 32.1 Å². The minimum absolute atomic E-state index is 0.0430. The van der Waals surface area contributed by atoms with Crippen LogP contribution in [-0.2, 0) is 18.4 Å². The molecule has 0 aromatic rings. The molecule has 406 valence electrons. The number of allylic oxidation sites excluding steroid dienone is 2. The van der Waals surface area contributed by atoms with Gasteiger partial charge in [0, 0.05) is 6.42 Å². The van der Waals surface area contributed by atoms with Crippen molar-refractivity contribution in [1.29, 1.82) is 0 Å². The predicted octanol–water partition coefficient (Wildman–Crippen LogP) is 16.2. The summed E-state index contributed by atoms with van der Waals surface area (Å²) in [4.78, 5) is 25.5. The lowest BCUT2D eigenvalue weighted by molar-refractivity contribution is -0.870. The van der Waals surface area contributed by atoms with E-state index >= 15 is 0 Å². The molecule has 0 fully saturated rings. The Kier molecular flexibility index (Phi) is 49.2. The number of nitrogens with zero attached hydrogens (tertiary/aromatic N) is 1. The maximum atomic E-state index is 13.0. The van der Waals surface area contributed by atoms with Gasteiger partial charge in [0.1, 0.15) is 19.3 Å². The van der Waals surface area contributed by atoms with Crippen molar-refractivity contribution in [2.45, 2.75) is 315 Å². The molecule has 0 bridgehead atoms. The number of rotatable bonds is 55. The summed E-state index contributed by atoms with van der Waals surface area (Å²) in [6, 6.07) is -1.09. The molecule has 0 radical (unpaired) electrons. The Balaban J connectivity index is 4.04. The summed E-state index contributed by atoms with van der Waals surface area (Å²) >= 11 is 0. The molecule has 68 heavy (non-hydrogen) atoms. The summed E-state index contributed by atoms with van der Waals surface area (Å²) in [6.07, 6.45) is 57.3. The average Bonchev–Trinajstić information content (AvgIpc) is 3.30. The van der Waals surface area contributed by atoms with Crippen molar-refractivity contribution in [3.63, 3.8) is 0 Å². The van der Waals surface area contributed by atoms with Gasteiger partial charge in [-0.25, -0.2) is 0 Å². The third kappa shape index (κ3) is 50.2. The van der Waals surface area contributed by atoms with Crippen LogP contribution < -0.4 is 10.2 Å². The first kappa shape index (κ1) is 67.2. The van der Waals surface area contributed by atoms with E-state index in [1.807, 2.05) is 21.1 Å². The standard InChI is InChI=1S/C58H117N2O7P/c1-6-8-10-12-14-16-18-20-21-22-23-24-25-26-27-28-29-30-31-32-33-34-35-36-37-38-39-41-43-45-47-49-51-57(62)59-55(54-67-68(64,65)66-53-52-60(3,4)5)58(63)56(61)50-48-46-44-42-40-19-17-15-13-11-9-7-2/h42,44,55-56,58,61,63H,6-41,43,45-54H2,1-5H3,(H-,59,62,64,65)/b44-42+. The van der Waals surface area contributed by atoms with Crippen LogP contribution in [0.15, 0.2) is 12.2 Å². The Morgan fingerprint density at radius 3 is 1.19 bits per heavy atom. The highest BCUT2D eigenvalue weighted by atomic mass is 31.2. The van der Waals surface area contributed by atoms with Gasteiger partial charge in [-0.2, -0.15) is 0 Å². The number of phosphoric ester groups is 1. The van der Waals surface area contributed by atoms with E-state index < -0.39 is 32.7 Å². The topological polar surface area (TPSA) is 128 Å². The lowest BCUT2D eigenvalue weighted by Gasteiger charge is -2.31. The molecule has 9 nitrogen and oxygen atoms in total. The van der Waals surface area contributed by atoms with Gasteiger partial charge in [0.25, 0.3) is 7.82 Å². The van der Waals surface area contributed by atoms with Gasteiger partial charge in [0.2, 0.25) is 5.91 Å². The molecule has 0 aliphatic rings. The second kappa shape index (κ2) is 49.8. The van der Waals surface area contributed by atoms with Crippen LogP contribution in [0, 0.1) is 0 Å². The van der Waals surface area contributed by atoms with Crippen LogP contribution >= 0.6 is 7.82 Å². The zero-order chi connectivity index (χ0) is 50.1. The first-order valence-corrected chi connectivity index (χ1v) is 31.1. The highest BCUT2D eigenvalue weighted by Gasteiger charge is 2.29. The molecule has 1 amide bonds. The fraction of sp³-hybridized carbons (Fsp3) is 0.948. The molecule has 10 heteroatoms. The summed E-state index contributed by atoms with van der Waals surface area (Å²) in [5.41, 5.74) is 0. The molecule has 3 N–H and O–H groups in total. The summed E-state index contributed by atoms with van der Waals surface area (Å²) in [6.45, 7) is 4.45. The molecular formula is C58H117N2O7P. The molecule has 4 unspecified atom stereocenters. The number of phosphoric acid groups is 1. The number of aliphatic hydroxyl groups excluding tert-OH is 2. The van der Waals surface area contributed by atoms with Crippen molar-refractivity contribution < 1.29 is 38.0 Å². The first-order valence-electron chi connectivity index (χ1n) is 29.6. The van der Waals surface area contributed by atoms with Crippen molar-refractivity contribution in [1.82, 2.24) is 5.32 Å². The Hall–Kier alpha value is -0.800. The van der Waals surface area contributed by atoms with E-state index in [1.54, 1.807) is 0 Å². The number of likely N-dealkylation sites (N-methyl/N-ethyl adjacent to an activating group) is 1. The second-order valence-corrected chi connectivity index (χ2v) is 23.3. The Morgan fingerprint density at radius 1 is 0.515 bits per heavy atom. The lowest BCUT2D eigenvalue weighted by atomic mass is 10.0. The van der Waals surface area contributed by atoms with Crippen LogP contribution in [0.4, 0.5) is 0 Å². The van der Waals surface area contributed by atoms with Crippen molar-refractivity contribution in [3.05, 3.63) is 12.2 Å². The summed E-state index contributed by atoms with van der Waals surface area (Å²) in [7, 11) is 1.12. The molecule has 0 aromatic carbocycles. The van der Waals surface area contributed by atoms with E-state index in [2.05, 4.69) is 31.3 Å². The number of amides is 1. The van der Waals surface area contributed by atoms with Crippen molar-refractivity contribution in [2.24, 2.45) is 0 Å². The number of hydrogen-bond donors (Lipinski definition) is 3. The molecule has 0 aliphatic carbocycles. The van der Waals surface area contributed by atoms with Crippen LogP contribution in [0.5, 0.6) is 0 Å². The molecule has 0 saturated carbocycles. The van der Waals surface area contributed by atoms with Crippen LogP contribution in [0.3, 0.4) is 0 Å². The zero-order valence-corrected chi connectivity index (χ0v) is 46.8. The van der Waals surface area contributed by atoms with Gasteiger partial charge in [-0.1, -0.05) is 264 Å². The number of unbranched alkanes of at least 4 members (excludes halogenated alkanes) is 39. The van der Waals surface area contributed by atoms with Crippen LogP contribution in [0.25, 0.3) is 0 Å². The van der Waals surface area contributed by atoms with E-state index in [9.17, 15) is 24.5 Å². The maximum Gasteiger partial charge on any atom is 0.268 e. The van der Waals surface area contributed by atoms with Gasteiger partial charge in [-0.05, 0) is 38.5 Å². The molecule has 0 aromatic heterocycles. The van der Waals surface area contributed by atoms with E-state index in [-0.39, 0.29) is 18.9 Å². The monoisotopic (exact) mass is 985 g/mol. The Morgan fingerprint density at radius 2 is 0.838 bits per heavy atom. The van der Waals surface area contributed by atoms with Crippen molar-refractivity contribution in [2.75, 3.05) is 40.9 Å². The minimum atomic E-state index is -4.67. The van der Waals surface area contributed by atoms with Gasteiger partial charge in [0.15, 0.2) is 0 Å². The SMILES string of the molecule is CCCCCCCCC/C=C/CCCC(O)C(O)C(COP(=O)([O-])OCC[N+](C)(C)C)NC(=O)CCCCCCCCCCCCCCCCCCCCCCCCCCCCCCCCCC. The van der Waals surface area contributed by atoms with Crippen molar-refractivity contribution >= 4 is 13.7 Å². The smallest absolute Gasteiger partial charge is 0.268 e. The zero-order valence-electron chi connectivity index (χ0n) is 46.0. The molecule has 0 saturated heterocycles. The van der Waals surface area contributed by atoms with E-state index in [1.165, 1.54) is 231 Å². The van der Waals surface area contributed by atoms with Gasteiger partial charge < -0.3 is 34.0 Å². The van der Waals surface area contributed by atoms with Crippen molar-refractivity contribution in [3.8, 4) is 0 Å². The summed E-state index contributed by atoms with van der Waals surface area (Å²) < 4.78 is 23.2. The number of carbonyl (C=O) groups is 1. The van der Waals surface area contributed by atoms with Crippen LogP contribution in [0.1, 0.15) is 296 Å². The molecule has 0 rings (SSSR count). The molecule has 0 aliphatic heterocycles. The third-order valence-electron chi connectivity index (χ3n) is 13.8. The number of aliphatic hydroxyl groups is 2. The molecular weight excluding hydrogens is 868 g/mol. The molecule has 4 atom stereocenters. The number of quaternary nitrogens is 1. The number of hydrogen-bond acceptors (Lipinski definition) is 7. The van der Waals surface area contributed by atoms with Gasteiger partial charge >= 0.3 is 0 Å². The van der Waals surface area contributed by atoms with Gasteiger partial charge in [0.05, 0.1) is 39.9 Å². The number of carbonyl (C=O) groups excluding carboxylic acids is 1. The third-order valence-corrected chi connectivity index (χ3v) is 14.8. The Bertz CT molecular complexity index is 1130. The van der Waals surface area contributed by atoms with Gasteiger partial charge in [-0.3, -0.25) is 9.36 Å². The van der Waals surface area contributed by atoms with E-state index in [0.29, 0.717) is 23.9 Å². The highest BCUT2D eigenvalue weighted by Crippen LogP contribution is 2.38. The summed E-state index contributed by atoms with van der Waals surface area (Å²) in [5, 5.41) is 24.7. The fourth-order valence-electron chi connectivity index (χ4n) is 9.14. The normalized spacial score (nSPS) is 14.4. The molecule has 0 heterocycles. The molecule has 0 spiro atoms. The summed E-state index contributed by atoms with van der Waals surface area (Å²) in [5.74, 6) is -0.282. The first-order chi connectivity index (χ1) is 32.9. The highest BCUT2D eigenvalue weighted by molar-refractivity contribution is 7.45. The quantitative estimate of drug-likeness (QED) is 0.0240. The maximum absolute atomic E-state index is 13.0. The number of nitrogens with one attached hydrogen (secondary N) is 1. The average molecular weight is 986 g/mol. The van der Waals surface area contributed by atoms with Gasteiger partial charge in [-0.15, -0.1) is 0 Å². The second-order valence-electron chi connectivity index (χ2n) is 21.8. The predicted molar refractivity (Wildman–Crippen MR) is 290 cm³/mol. The lowest BCUT2D eigenvalue weighted by Crippen LogP contribution is -2.51. The fourth-order valence-corrected chi connectivity index (χ4v) is 9.86.